The molecule has 40 valence electrons. The van der Waals surface area contributed by atoms with Gasteiger partial charge in [-0.25, -0.2) is 0 Å². The molecule has 0 saturated carbocycles. The molecular formula is C7H6O. The highest BCUT2D eigenvalue weighted by Gasteiger charge is 1.78. The van der Waals surface area contributed by atoms with Crippen molar-refractivity contribution >= 4 is 5.78 Å². The van der Waals surface area contributed by atoms with Gasteiger partial charge in [-0.2, -0.15) is 0 Å². The fourth-order valence-electron chi connectivity index (χ4n) is 0.173. The summed E-state index contributed by atoms with van der Waals surface area (Å²) >= 11 is 0. The van der Waals surface area contributed by atoms with Crippen LogP contribution >= 0.6 is 0 Å². The van der Waals surface area contributed by atoms with Crippen molar-refractivity contribution in [3.63, 3.8) is 0 Å². The number of ketones is 1. The van der Waals surface area contributed by atoms with Crippen LogP contribution in [0.25, 0.3) is 0 Å². The molecule has 0 aliphatic heterocycles. The summed E-state index contributed by atoms with van der Waals surface area (Å²) in [5.41, 5.74) is 0. The topological polar surface area (TPSA) is 17.1 Å². The molecule has 0 aromatic rings. The molecule has 0 rings (SSSR count). The highest BCUT2D eigenvalue weighted by Crippen LogP contribution is 1.66. The van der Waals surface area contributed by atoms with Gasteiger partial charge in [0.25, 0.3) is 0 Å². The maximum Gasteiger partial charge on any atom is 0.228 e. The Hall–Kier alpha value is -1.29. The highest BCUT2D eigenvalue weighted by atomic mass is 16.1. The van der Waals surface area contributed by atoms with E-state index >= 15 is 0 Å². The van der Waals surface area contributed by atoms with E-state index in [0.717, 1.165) is 6.08 Å². The van der Waals surface area contributed by atoms with E-state index in [1.807, 2.05) is 0 Å². The van der Waals surface area contributed by atoms with Crippen LogP contribution < -0.4 is 0 Å². The second-order valence-corrected chi connectivity index (χ2v) is 1.04. The van der Waals surface area contributed by atoms with Crippen molar-refractivity contribution in [1.29, 1.82) is 0 Å². The molecule has 0 aliphatic carbocycles. The lowest BCUT2D eigenvalue weighted by Crippen LogP contribution is -1.81. The van der Waals surface area contributed by atoms with E-state index in [0.29, 0.717) is 0 Å². The summed E-state index contributed by atoms with van der Waals surface area (Å²) in [6, 6.07) is 0. The van der Waals surface area contributed by atoms with Crippen LogP contribution in [0.1, 0.15) is 0 Å². The predicted octanol–water partition coefficient (Wildman–Crippen LogP) is 0.931. The van der Waals surface area contributed by atoms with Gasteiger partial charge in [0.15, 0.2) is 0 Å². The first-order chi connectivity index (χ1) is 3.81. The summed E-state index contributed by atoms with van der Waals surface area (Å²) in [6.45, 7) is 6.53. The second-order valence-electron chi connectivity index (χ2n) is 1.04. The lowest BCUT2D eigenvalue weighted by molar-refractivity contribution is -0.109. The van der Waals surface area contributed by atoms with Crippen molar-refractivity contribution in [3.8, 4) is 11.8 Å². The van der Waals surface area contributed by atoms with Gasteiger partial charge in [-0.3, -0.25) is 4.79 Å². The van der Waals surface area contributed by atoms with E-state index in [9.17, 15) is 4.79 Å². The molecule has 0 N–H and O–H groups in total. The molecule has 0 aliphatic rings. The van der Waals surface area contributed by atoms with Gasteiger partial charge in [0.1, 0.15) is 0 Å². The second kappa shape index (κ2) is 3.89. The third-order valence-electron chi connectivity index (χ3n) is 0.483. The largest absolute Gasteiger partial charge is 0.280 e. The van der Waals surface area contributed by atoms with Gasteiger partial charge in [0.2, 0.25) is 5.78 Å². The first kappa shape index (κ1) is 6.71. The van der Waals surface area contributed by atoms with Gasteiger partial charge in [-0.15, -0.1) is 0 Å². The van der Waals surface area contributed by atoms with Crippen molar-refractivity contribution in [3.05, 3.63) is 25.3 Å². The minimum atomic E-state index is -0.273. The maximum atomic E-state index is 10.2. The Bertz CT molecular complexity index is 167. The summed E-state index contributed by atoms with van der Waals surface area (Å²) in [5.74, 6) is 4.38. The lowest BCUT2D eigenvalue weighted by Gasteiger charge is -1.67. The molecule has 0 spiro atoms. The zero-order valence-electron chi connectivity index (χ0n) is 4.48. The Morgan fingerprint density at radius 3 is 2.50 bits per heavy atom. The number of rotatable bonds is 1. The average Bonchev–Trinajstić information content (AvgIpc) is 1.83. The SMILES string of the molecule is C=CC#CC(=O)C=C. The molecule has 8 heavy (non-hydrogen) atoms. The average molecular weight is 106 g/mol. The molecule has 1 heteroatoms. The van der Waals surface area contributed by atoms with E-state index in [1.165, 1.54) is 6.08 Å². The van der Waals surface area contributed by atoms with Crippen LogP contribution in [-0.4, -0.2) is 5.78 Å². The minimum Gasteiger partial charge on any atom is -0.280 e. The zero-order chi connectivity index (χ0) is 6.41. The van der Waals surface area contributed by atoms with Gasteiger partial charge in [-0.05, 0) is 18.1 Å². The van der Waals surface area contributed by atoms with Gasteiger partial charge in [0.05, 0.1) is 0 Å². The van der Waals surface area contributed by atoms with Crippen molar-refractivity contribution in [1.82, 2.24) is 0 Å². The summed E-state index contributed by atoms with van der Waals surface area (Å²) in [4.78, 5) is 10.2. The maximum absolute atomic E-state index is 10.2. The number of hydrogen-bond donors (Lipinski definition) is 0. The molecule has 0 atom stereocenters. The minimum absolute atomic E-state index is 0.273. The van der Waals surface area contributed by atoms with E-state index in [2.05, 4.69) is 25.0 Å². The van der Waals surface area contributed by atoms with E-state index < -0.39 is 0 Å². The number of allylic oxidation sites excluding steroid dienone is 2. The van der Waals surface area contributed by atoms with Crippen molar-refractivity contribution in [2.24, 2.45) is 0 Å². The monoisotopic (exact) mass is 106 g/mol. The Balaban J connectivity index is 3.87. The Morgan fingerprint density at radius 2 is 2.12 bits per heavy atom. The molecule has 1 nitrogen and oxygen atoms in total. The lowest BCUT2D eigenvalue weighted by atomic mass is 10.4. The molecular weight excluding hydrogens is 100 g/mol. The molecule has 0 saturated heterocycles. The highest BCUT2D eigenvalue weighted by molar-refractivity contribution is 6.03. The van der Waals surface area contributed by atoms with Crippen LogP contribution in [0.15, 0.2) is 25.3 Å². The van der Waals surface area contributed by atoms with Crippen molar-refractivity contribution in [2.75, 3.05) is 0 Å². The molecule has 0 fully saturated rings. The predicted molar refractivity (Wildman–Crippen MR) is 33.2 cm³/mol. The molecule has 0 unspecified atom stereocenters. The molecule has 0 heterocycles. The van der Waals surface area contributed by atoms with Crippen LogP contribution in [0.2, 0.25) is 0 Å². The standard InChI is InChI=1S/C7H6O/c1-3-5-6-7(8)4-2/h3-4H,1-2H2. The Kier molecular flexibility index (Phi) is 3.26. The number of carbonyl (C=O) groups excluding carboxylic acids is 1. The molecule has 0 amide bonds. The van der Waals surface area contributed by atoms with Gasteiger partial charge < -0.3 is 0 Å². The Labute approximate surface area is 48.7 Å². The molecule has 0 radical (unpaired) electrons. The number of carbonyl (C=O) groups is 1. The van der Waals surface area contributed by atoms with Crippen molar-refractivity contribution in [2.45, 2.75) is 0 Å². The number of hydrogen-bond acceptors (Lipinski definition) is 1. The third-order valence-corrected chi connectivity index (χ3v) is 0.483. The fraction of sp³-hybridized carbons (Fsp3) is 0. The van der Waals surface area contributed by atoms with Crippen LogP contribution in [0, 0.1) is 11.8 Å². The van der Waals surface area contributed by atoms with Gasteiger partial charge in [-0.1, -0.05) is 19.1 Å². The summed E-state index contributed by atoms with van der Waals surface area (Å²) in [7, 11) is 0. The molecule has 0 bridgehead atoms. The van der Waals surface area contributed by atoms with Gasteiger partial charge in [0, 0.05) is 0 Å². The Morgan fingerprint density at radius 1 is 1.50 bits per heavy atom. The van der Waals surface area contributed by atoms with Crippen LogP contribution in [0.3, 0.4) is 0 Å². The quantitative estimate of drug-likeness (QED) is 0.276. The zero-order valence-corrected chi connectivity index (χ0v) is 4.48. The summed E-state index contributed by atoms with van der Waals surface area (Å²) in [6.07, 6.45) is 2.53. The van der Waals surface area contributed by atoms with E-state index in [1.54, 1.807) is 0 Å². The van der Waals surface area contributed by atoms with E-state index in [4.69, 9.17) is 0 Å². The molecule has 0 aromatic heterocycles. The molecule has 0 aromatic carbocycles. The third kappa shape index (κ3) is 2.92. The smallest absolute Gasteiger partial charge is 0.228 e. The van der Waals surface area contributed by atoms with Crippen LogP contribution in [-0.2, 0) is 4.79 Å². The summed E-state index contributed by atoms with van der Waals surface area (Å²) in [5, 5.41) is 0. The normalized spacial score (nSPS) is 6.00. The first-order valence-electron chi connectivity index (χ1n) is 2.10. The first-order valence-corrected chi connectivity index (χ1v) is 2.10. The van der Waals surface area contributed by atoms with Gasteiger partial charge >= 0.3 is 0 Å². The van der Waals surface area contributed by atoms with Crippen LogP contribution in [0.5, 0.6) is 0 Å². The van der Waals surface area contributed by atoms with Crippen molar-refractivity contribution < 1.29 is 4.79 Å². The summed E-state index contributed by atoms with van der Waals surface area (Å²) < 4.78 is 0. The van der Waals surface area contributed by atoms with E-state index in [-0.39, 0.29) is 5.78 Å². The fourth-order valence-corrected chi connectivity index (χ4v) is 0.173. The van der Waals surface area contributed by atoms with Crippen LogP contribution in [0.4, 0.5) is 0 Å².